The van der Waals surface area contributed by atoms with Crippen LogP contribution in [0.1, 0.15) is 29.7 Å². The third kappa shape index (κ3) is 3.78. The molecular formula is C29H26N2O3S. The zero-order valence-electron chi connectivity index (χ0n) is 19.5. The van der Waals surface area contributed by atoms with E-state index in [0.717, 1.165) is 39.6 Å². The summed E-state index contributed by atoms with van der Waals surface area (Å²) in [5.74, 6) is -0.338. The molecule has 1 aromatic heterocycles. The number of carbonyl (C=O) groups is 2. The molecule has 2 aliphatic heterocycles. The number of thiophene rings is 1. The number of hydrogen-bond acceptors (Lipinski definition) is 4. The number of amides is 2. The maximum Gasteiger partial charge on any atom is 0.336 e. The van der Waals surface area contributed by atoms with Crippen LogP contribution in [0, 0.1) is 0 Å². The minimum atomic E-state index is -0.338. The summed E-state index contributed by atoms with van der Waals surface area (Å²) >= 11 is 1.70. The first-order chi connectivity index (χ1) is 17.1. The van der Waals surface area contributed by atoms with Crippen LogP contribution in [-0.4, -0.2) is 36.1 Å². The molecule has 2 atom stereocenters. The van der Waals surface area contributed by atoms with Crippen molar-refractivity contribution in [1.82, 2.24) is 10.2 Å². The monoisotopic (exact) mass is 482 g/mol. The number of carbonyl (C=O) groups excluding carboxylic acids is 2. The van der Waals surface area contributed by atoms with Crippen LogP contribution in [0.2, 0.25) is 0 Å². The molecule has 1 fully saturated rings. The highest BCUT2D eigenvalue weighted by atomic mass is 32.1. The number of fused-ring (bicyclic) bond motifs is 4. The quantitative estimate of drug-likeness (QED) is 0.356. The van der Waals surface area contributed by atoms with Gasteiger partial charge in [0.1, 0.15) is 0 Å². The fourth-order valence-corrected chi connectivity index (χ4v) is 6.79. The second-order valence-corrected chi connectivity index (χ2v) is 10.3. The normalized spacial score (nSPS) is 19.4. The maximum atomic E-state index is 13.5. The van der Waals surface area contributed by atoms with Gasteiger partial charge < -0.3 is 15.0 Å². The van der Waals surface area contributed by atoms with Crippen molar-refractivity contribution in [2.24, 2.45) is 0 Å². The molecule has 6 rings (SSSR count). The van der Waals surface area contributed by atoms with E-state index in [0.29, 0.717) is 18.5 Å². The molecule has 6 heteroatoms. The Morgan fingerprint density at radius 2 is 1.77 bits per heavy atom. The van der Waals surface area contributed by atoms with Crippen LogP contribution < -0.4 is 5.32 Å². The lowest BCUT2D eigenvalue weighted by atomic mass is 9.92. The van der Waals surface area contributed by atoms with Crippen molar-refractivity contribution in [3.63, 3.8) is 0 Å². The molecule has 4 aromatic rings. The van der Waals surface area contributed by atoms with Crippen molar-refractivity contribution in [3.05, 3.63) is 88.8 Å². The van der Waals surface area contributed by atoms with E-state index >= 15 is 0 Å². The van der Waals surface area contributed by atoms with Crippen LogP contribution >= 0.6 is 11.3 Å². The molecular weight excluding hydrogens is 456 g/mol. The van der Waals surface area contributed by atoms with Crippen molar-refractivity contribution in [2.45, 2.75) is 37.9 Å². The Labute approximate surface area is 208 Å². The van der Waals surface area contributed by atoms with Gasteiger partial charge in [-0.3, -0.25) is 0 Å². The molecule has 2 bridgehead atoms. The first-order valence-electron chi connectivity index (χ1n) is 12.0. The largest absolute Gasteiger partial charge is 0.466 e. The highest BCUT2D eigenvalue weighted by Crippen LogP contribution is 2.45. The Morgan fingerprint density at radius 3 is 2.60 bits per heavy atom. The van der Waals surface area contributed by atoms with Gasteiger partial charge in [0.05, 0.1) is 18.7 Å². The second-order valence-electron chi connectivity index (χ2n) is 9.19. The molecule has 0 unspecified atom stereocenters. The lowest BCUT2D eigenvalue weighted by Gasteiger charge is -2.36. The molecule has 1 saturated heterocycles. The Morgan fingerprint density at radius 1 is 1.00 bits per heavy atom. The van der Waals surface area contributed by atoms with E-state index in [4.69, 9.17) is 4.74 Å². The van der Waals surface area contributed by atoms with E-state index < -0.39 is 0 Å². The smallest absolute Gasteiger partial charge is 0.336 e. The van der Waals surface area contributed by atoms with Gasteiger partial charge in [-0.25, -0.2) is 9.59 Å². The molecule has 0 aliphatic carbocycles. The van der Waals surface area contributed by atoms with Crippen LogP contribution in [0.25, 0.3) is 26.4 Å². The van der Waals surface area contributed by atoms with Crippen molar-refractivity contribution in [3.8, 4) is 0 Å². The predicted molar refractivity (Wildman–Crippen MR) is 140 cm³/mol. The number of urea groups is 1. The minimum Gasteiger partial charge on any atom is -0.466 e. The topological polar surface area (TPSA) is 58.6 Å². The van der Waals surface area contributed by atoms with Gasteiger partial charge in [-0.15, -0.1) is 11.3 Å². The summed E-state index contributed by atoms with van der Waals surface area (Å²) in [4.78, 5) is 29.4. The molecule has 35 heavy (non-hydrogen) atoms. The summed E-state index contributed by atoms with van der Waals surface area (Å²) in [6.45, 7) is 0.441. The lowest BCUT2D eigenvalue weighted by molar-refractivity contribution is -0.136. The van der Waals surface area contributed by atoms with E-state index in [9.17, 15) is 9.59 Å². The lowest BCUT2D eigenvalue weighted by Crippen LogP contribution is -2.50. The van der Waals surface area contributed by atoms with Gasteiger partial charge in [0.2, 0.25) is 0 Å². The van der Waals surface area contributed by atoms with Crippen LogP contribution in [0.4, 0.5) is 4.79 Å². The van der Waals surface area contributed by atoms with Crippen molar-refractivity contribution in [1.29, 1.82) is 0 Å². The van der Waals surface area contributed by atoms with Crippen molar-refractivity contribution in [2.75, 3.05) is 7.11 Å². The van der Waals surface area contributed by atoms with Gasteiger partial charge in [-0.2, -0.15) is 0 Å². The van der Waals surface area contributed by atoms with Crippen molar-refractivity contribution < 1.29 is 14.3 Å². The Bertz CT molecular complexity index is 1450. The zero-order valence-corrected chi connectivity index (χ0v) is 20.3. The SMILES string of the molecule is COC(=O)C1=C(c2cc3ccccc3s2)C[C@@H]2CC[C@H]1N2C(=O)NCc1cccc2ccccc12. The molecule has 5 nitrogen and oxygen atoms in total. The molecule has 1 N–H and O–H groups in total. The highest BCUT2D eigenvalue weighted by molar-refractivity contribution is 7.20. The average Bonchev–Trinajstić information content (AvgIpc) is 3.46. The highest BCUT2D eigenvalue weighted by Gasteiger charge is 2.46. The van der Waals surface area contributed by atoms with Gasteiger partial charge in [0.15, 0.2) is 0 Å². The maximum absolute atomic E-state index is 13.5. The molecule has 2 aliphatic rings. The molecule has 2 amide bonds. The Hall–Kier alpha value is -3.64. The van der Waals surface area contributed by atoms with E-state index in [1.165, 1.54) is 17.2 Å². The van der Waals surface area contributed by atoms with E-state index in [1.807, 2.05) is 41.3 Å². The van der Waals surface area contributed by atoms with Gasteiger partial charge in [-0.05, 0) is 58.7 Å². The third-order valence-electron chi connectivity index (χ3n) is 7.27. The Kier molecular flexibility index (Phi) is 5.53. The number of hydrogen-bond donors (Lipinski definition) is 1. The summed E-state index contributed by atoms with van der Waals surface area (Å²) in [5, 5.41) is 6.60. The van der Waals surface area contributed by atoms with Crippen LogP contribution in [-0.2, 0) is 16.1 Å². The second kappa shape index (κ2) is 8.86. The molecule has 0 saturated carbocycles. The van der Waals surface area contributed by atoms with Crippen LogP contribution in [0.5, 0.6) is 0 Å². The molecule has 0 spiro atoms. The number of nitrogens with zero attached hydrogens (tertiary/aromatic N) is 1. The first kappa shape index (κ1) is 21.9. The summed E-state index contributed by atoms with van der Waals surface area (Å²) in [5.41, 5.74) is 2.74. The fourth-order valence-electron chi connectivity index (χ4n) is 5.66. The average molecular weight is 483 g/mol. The first-order valence-corrected chi connectivity index (χ1v) is 12.8. The number of ether oxygens (including phenoxy) is 1. The van der Waals surface area contributed by atoms with E-state index in [1.54, 1.807) is 11.3 Å². The van der Waals surface area contributed by atoms with Gasteiger partial charge in [0, 0.05) is 22.2 Å². The van der Waals surface area contributed by atoms with Gasteiger partial charge in [0.25, 0.3) is 0 Å². The van der Waals surface area contributed by atoms with Gasteiger partial charge in [-0.1, -0.05) is 60.7 Å². The van der Waals surface area contributed by atoms with Crippen LogP contribution in [0.3, 0.4) is 0 Å². The standard InChI is InChI=1S/C29H26N2O3S/c1-34-28(32)27-23(26-15-19-8-3-5-12-25(19)35-26)16-21-13-14-24(27)31(21)29(33)30-17-20-10-6-9-18-7-2-4-11-22(18)20/h2-12,15,21,24H,13-14,16-17H2,1H3,(H,30,33)/t21-,24+/m0/s1. The summed E-state index contributed by atoms with van der Waals surface area (Å²) < 4.78 is 6.42. The summed E-state index contributed by atoms with van der Waals surface area (Å²) in [6.07, 6.45) is 2.31. The zero-order chi connectivity index (χ0) is 23.9. The van der Waals surface area contributed by atoms with Crippen molar-refractivity contribution >= 4 is 49.8 Å². The summed E-state index contributed by atoms with van der Waals surface area (Å²) in [7, 11) is 1.42. The Balaban J connectivity index is 1.30. The summed E-state index contributed by atoms with van der Waals surface area (Å²) in [6, 6.07) is 24.4. The number of nitrogens with one attached hydrogen (secondary N) is 1. The molecule has 176 valence electrons. The molecule has 3 heterocycles. The number of esters is 1. The predicted octanol–water partition coefficient (Wildman–Crippen LogP) is 6.13. The van der Waals surface area contributed by atoms with E-state index in [-0.39, 0.29) is 24.1 Å². The molecule has 0 radical (unpaired) electrons. The van der Waals surface area contributed by atoms with Gasteiger partial charge >= 0.3 is 12.0 Å². The number of methoxy groups -OCH3 is 1. The number of rotatable bonds is 4. The minimum absolute atomic E-state index is 0.0705. The third-order valence-corrected chi connectivity index (χ3v) is 8.45. The number of benzene rings is 3. The van der Waals surface area contributed by atoms with Crippen LogP contribution in [0.15, 0.2) is 78.4 Å². The fraction of sp³-hybridized carbons (Fsp3) is 0.241. The van der Waals surface area contributed by atoms with E-state index in [2.05, 4.69) is 41.7 Å². The molecule has 3 aromatic carbocycles.